The summed E-state index contributed by atoms with van der Waals surface area (Å²) < 4.78 is 50.4. The molecule has 0 unspecified atom stereocenters. The van der Waals surface area contributed by atoms with Crippen molar-refractivity contribution < 1.29 is 37.0 Å². The van der Waals surface area contributed by atoms with Gasteiger partial charge in [0.15, 0.2) is 23.0 Å². The van der Waals surface area contributed by atoms with E-state index in [1.165, 1.54) is 39.5 Å². The molecule has 0 radical (unpaired) electrons. The van der Waals surface area contributed by atoms with Gasteiger partial charge in [-0.1, -0.05) is 11.2 Å². The van der Waals surface area contributed by atoms with Gasteiger partial charge in [-0.05, 0) is 42.3 Å². The molecular weight excluding hydrogens is 426 g/mol. The highest BCUT2D eigenvalue weighted by atomic mass is 19.3. The molecule has 0 aliphatic rings. The van der Waals surface area contributed by atoms with Crippen molar-refractivity contribution in [3.63, 3.8) is 0 Å². The number of alkyl halides is 2. The molecule has 0 aliphatic heterocycles. The van der Waals surface area contributed by atoms with Crippen molar-refractivity contribution in [3.05, 3.63) is 53.7 Å². The number of benzene rings is 2. The van der Waals surface area contributed by atoms with Crippen LogP contribution >= 0.6 is 0 Å². The van der Waals surface area contributed by atoms with Gasteiger partial charge in [0, 0.05) is 12.6 Å². The van der Waals surface area contributed by atoms with Crippen molar-refractivity contribution in [1.82, 2.24) is 10.5 Å². The number of carbonyl (C=O) groups excluding carboxylic acids is 1. The zero-order chi connectivity index (χ0) is 23.1. The number of rotatable bonds is 10. The number of nitrogens with one attached hydrogen (secondary N) is 1. The second kappa shape index (κ2) is 10.5. The third-order valence-corrected chi connectivity index (χ3v) is 4.56. The lowest BCUT2D eigenvalue weighted by molar-refractivity contribution is -0.0512. The van der Waals surface area contributed by atoms with Gasteiger partial charge in [0.2, 0.25) is 0 Å². The van der Waals surface area contributed by atoms with Crippen molar-refractivity contribution in [2.75, 3.05) is 27.9 Å². The van der Waals surface area contributed by atoms with E-state index in [-0.39, 0.29) is 23.7 Å². The maximum Gasteiger partial charge on any atom is 0.387 e. The highest BCUT2D eigenvalue weighted by Crippen LogP contribution is 2.34. The van der Waals surface area contributed by atoms with Crippen LogP contribution in [0.3, 0.4) is 0 Å². The van der Waals surface area contributed by atoms with Crippen LogP contribution in [0.25, 0.3) is 11.3 Å². The summed E-state index contributed by atoms with van der Waals surface area (Å²) in [5.41, 5.74) is 1.35. The average Bonchev–Trinajstić information content (AvgIpc) is 3.28. The molecule has 0 aliphatic carbocycles. The minimum Gasteiger partial charge on any atom is -0.497 e. The molecule has 1 aromatic heterocycles. The summed E-state index contributed by atoms with van der Waals surface area (Å²) in [6.45, 7) is -2.73. The molecule has 32 heavy (non-hydrogen) atoms. The molecule has 1 amide bonds. The first kappa shape index (κ1) is 22.9. The lowest BCUT2D eigenvalue weighted by atomic mass is 10.1. The monoisotopic (exact) mass is 448 g/mol. The topological polar surface area (TPSA) is 92.1 Å². The highest BCUT2D eigenvalue weighted by Gasteiger charge is 2.17. The summed E-state index contributed by atoms with van der Waals surface area (Å²) in [5, 5.41) is 6.53. The zero-order valence-corrected chi connectivity index (χ0v) is 17.7. The van der Waals surface area contributed by atoms with Crippen LogP contribution in [0.15, 0.2) is 47.0 Å². The Labute approximate surface area is 183 Å². The molecular formula is C22H22F2N2O6. The fourth-order valence-electron chi connectivity index (χ4n) is 2.99. The van der Waals surface area contributed by atoms with Gasteiger partial charge in [-0.2, -0.15) is 8.78 Å². The molecule has 170 valence electrons. The van der Waals surface area contributed by atoms with Gasteiger partial charge in [0.1, 0.15) is 11.5 Å². The summed E-state index contributed by atoms with van der Waals surface area (Å²) in [6, 6.07) is 11.3. The predicted octanol–water partition coefficient (Wildman–Crippen LogP) is 3.94. The molecule has 10 heteroatoms. The first-order valence-corrected chi connectivity index (χ1v) is 9.54. The summed E-state index contributed by atoms with van der Waals surface area (Å²) in [5.74, 6) is 1.16. The van der Waals surface area contributed by atoms with Gasteiger partial charge >= 0.3 is 6.61 Å². The van der Waals surface area contributed by atoms with Crippen LogP contribution in [0.2, 0.25) is 0 Å². The normalized spacial score (nSPS) is 10.7. The Morgan fingerprint density at radius 3 is 2.44 bits per heavy atom. The molecule has 0 spiro atoms. The van der Waals surface area contributed by atoms with Crippen molar-refractivity contribution >= 4 is 5.91 Å². The molecule has 1 heterocycles. The fraction of sp³-hybridized carbons (Fsp3) is 0.273. The van der Waals surface area contributed by atoms with Crippen LogP contribution in [0.5, 0.6) is 23.0 Å². The quantitative estimate of drug-likeness (QED) is 0.502. The molecule has 8 nitrogen and oxygen atoms in total. The predicted molar refractivity (Wildman–Crippen MR) is 111 cm³/mol. The number of amides is 1. The molecule has 0 atom stereocenters. The smallest absolute Gasteiger partial charge is 0.387 e. The van der Waals surface area contributed by atoms with Gasteiger partial charge in [-0.25, -0.2) is 0 Å². The van der Waals surface area contributed by atoms with Crippen LogP contribution in [-0.4, -0.2) is 45.5 Å². The van der Waals surface area contributed by atoms with E-state index in [2.05, 4.69) is 15.2 Å². The molecule has 0 saturated heterocycles. The van der Waals surface area contributed by atoms with Crippen LogP contribution in [-0.2, 0) is 6.42 Å². The molecule has 1 N–H and O–H groups in total. The minimum atomic E-state index is -2.97. The van der Waals surface area contributed by atoms with Crippen molar-refractivity contribution in [3.8, 4) is 34.3 Å². The standard InChI is InChI=1S/C22H22F2N2O6/c1-28-14-5-7-17(29-2)15(11-14)19-12-16(26-32-19)21(27)25-9-8-13-4-6-18(30-3)20(10-13)31-22(23)24/h4-7,10-12,22H,8-9H2,1-3H3,(H,25,27). The first-order chi connectivity index (χ1) is 15.4. The summed E-state index contributed by atoms with van der Waals surface area (Å²) >= 11 is 0. The van der Waals surface area contributed by atoms with E-state index in [9.17, 15) is 13.6 Å². The van der Waals surface area contributed by atoms with Crippen LogP contribution in [0.4, 0.5) is 8.78 Å². The van der Waals surface area contributed by atoms with Crippen LogP contribution in [0, 0.1) is 0 Å². The Hall–Kier alpha value is -3.82. The third kappa shape index (κ3) is 5.45. The lowest BCUT2D eigenvalue weighted by Gasteiger charge is -2.11. The molecule has 3 rings (SSSR count). The summed E-state index contributed by atoms with van der Waals surface area (Å²) in [7, 11) is 4.42. The van der Waals surface area contributed by atoms with E-state index < -0.39 is 12.5 Å². The highest BCUT2D eigenvalue weighted by molar-refractivity contribution is 5.93. The van der Waals surface area contributed by atoms with E-state index in [1.54, 1.807) is 24.3 Å². The molecule has 0 bridgehead atoms. The van der Waals surface area contributed by atoms with Gasteiger partial charge in [0.05, 0.1) is 26.9 Å². The number of aromatic nitrogens is 1. The summed E-state index contributed by atoms with van der Waals surface area (Å²) in [4.78, 5) is 12.4. The van der Waals surface area contributed by atoms with Crippen LogP contribution in [0.1, 0.15) is 16.1 Å². The number of hydrogen-bond acceptors (Lipinski definition) is 7. The van der Waals surface area contributed by atoms with Crippen LogP contribution < -0.4 is 24.3 Å². The van der Waals surface area contributed by atoms with Gasteiger partial charge < -0.3 is 28.8 Å². The number of halogens is 2. The van der Waals surface area contributed by atoms with Gasteiger partial charge in [-0.15, -0.1) is 0 Å². The maximum atomic E-state index is 12.6. The van der Waals surface area contributed by atoms with E-state index in [1.807, 2.05) is 0 Å². The Bertz CT molecular complexity index is 1070. The first-order valence-electron chi connectivity index (χ1n) is 9.54. The van der Waals surface area contributed by atoms with Crippen molar-refractivity contribution in [2.24, 2.45) is 0 Å². The van der Waals surface area contributed by atoms with E-state index in [4.69, 9.17) is 18.7 Å². The van der Waals surface area contributed by atoms with E-state index >= 15 is 0 Å². The number of carbonyl (C=O) groups is 1. The summed E-state index contributed by atoms with van der Waals surface area (Å²) in [6.07, 6.45) is 0.379. The van der Waals surface area contributed by atoms with E-state index in [0.29, 0.717) is 34.8 Å². The molecule has 2 aromatic carbocycles. The third-order valence-electron chi connectivity index (χ3n) is 4.56. The Balaban J connectivity index is 1.64. The number of hydrogen-bond donors (Lipinski definition) is 1. The Morgan fingerprint density at radius 2 is 1.75 bits per heavy atom. The van der Waals surface area contributed by atoms with Crippen molar-refractivity contribution in [2.45, 2.75) is 13.0 Å². The average molecular weight is 448 g/mol. The molecule has 3 aromatic rings. The largest absolute Gasteiger partial charge is 0.497 e. The zero-order valence-electron chi connectivity index (χ0n) is 17.7. The maximum absolute atomic E-state index is 12.6. The molecule has 0 fully saturated rings. The second-order valence-corrected chi connectivity index (χ2v) is 6.51. The Morgan fingerprint density at radius 1 is 1.00 bits per heavy atom. The lowest BCUT2D eigenvalue weighted by Crippen LogP contribution is -2.25. The Kier molecular flexibility index (Phi) is 7.48. The van der Waals surface area contributed by atoms with Gasteiger partial charge in [-0.3, -0.25) is 4.79 Å². The van der Waals surface area contributed by atoms with Gasteiger partial charge in [0.25, 0.3) is 5.91 Å². The fourth-order valence-corrected chi connectivity index (χ4v) is 2.99. The second-order valence-electron chi connectivity index (χ2n) is 6.51. The van der Waals surface area contributed by atoms with Crippen molar-refractivity contribution in [1.29, 1.82) is 0 Å². The SMILES string of the molecule is COc1ccc(OC)c(-c2cc(C(=O)NCCc3ccc(OC)c(OC(F)F)c3)no2)c1. The number of ether oxygens (including phenoxy) is 4. The minimum absolute atomic E-state index is 0.0697. The molecule has 0 saturated carbocycles. The number of methoxy groups -OCH3 is 3. The van der Waals surface area contributed by atoms with E-state index in [0.717, 1.165) is 0 Å². The number of nitrogens with zero attached hydrogens (tertiary/aromatic N) is 1.